The summed E-state index contributed by atoms with van der Waals surface area (Å²) in [5.74, 6) is 1.14. The van der Waals surface area contributed by atoms with Crippen LogP contribution in [0, 0.1) is 0 Å². The summed E-state index contributed by atoms with van der Waals surface area (Å²) in [6.45, 7) is 7.74. The van der Waals surface area contributed by atoms with Gasteiger partial charge in [-0.2, -0.15) is 0 Å². The summed E-state index contributed by atoms with van der Waals surface area (Å²) >= 11 is 0. The third-order valence-electron chi connectivity index (χ3n) is 4.18. The predicted molar refractivity (Wildman–Crippen MR) is 90.1 cm³/mol. The van der Waals surface area contributed by atoms with Crippen molar-refractivity contribution in [3.63, 3.8) is 0 Å². The van der Waals surface area contributed by atoms with Gasteiger partial charge in [-0.1, -0.05) is 44.2 Å². The number of hydrogen-bond donors (Lipinski definition) is 0. The molecule has 1 aliphatic heterocycles. The van der Waals surface area contributed by atoms with E-state index in [1.165, 1.54) is 12.0 Å². The molecule has 4 heteroatoms. The molecular weight excluding hydrogens is 288 g/mol. The zero-order valence-electron chi connectivity index (χ0n) is 14.1. The fourth-order valence-corrected chi connectivity index (χ4v) is 2.99. The van der Waals surface area contributed by atoms with Gasteiger partial charge >= 0.3 is 0 Å². The van der Waals surface area contributed by atoms with Crippen molar-refractivity contribution >= 4 is 0 Å². The molecule has 4 nitrogen and oxygen atoms in total. The first kappa shape index (κ1) is 16.2. The molecule has 1 fully saturated rings. The van der Waals surface area contributed by atoms with Crippen LogP contribution < -0.4 is 0 Å². The lowest BCUT2D eigenvalue weighted by atomic mass is 10.1. The Morgan fingerprint density at radius 1 is 1.22 bits per heavy atom. The van der Waals surface area contributed by atoms with Crippen LogP contribution in [0.5, 0.6) is 0 Å². The van der Waals surface area contributed by atoms with Gasteiger partial charge in [0.1, 0.15) is 6.26 Å². The zero-order chi connectivity index (χ0) is 16.1. The summed E-state index contributed by atoms with van der Waals surface area (Å²) in [7, 11) is 0. The van der Waals surface area contributed by atoms with E-state index < -0.39 is 0 Å². The highest BCUT2D eigenvalue weighted by molar-refractivity contribution is 5.14. The fraction of sp³-hybridized carbons (Fsp3) is 0.526. The molecule has 124 valence electrons. The molecule has 2 heterocycles. The van der Waals surface area contributed by atoms with E-state index in [1.807, 2.05) is 0 Å². The van der Waals surface area contributed by atoms with E-state index in [2.05, 4.69) is 54.1 Å². The van der Waals surface area contributed by atoms with Crippen molar-refractivity contribution in [2.45, 2.75) is 51.8 Å². The quantitative estimate of drug-likeness (QED) is 0.775. The largest absolute Gasteiger partial charge is 0.448 e. The Hall–Kier alpha value is -1.65. The van der Waals surface area contributed by atoms with Gasteiger partial charge in [0.05, 0.1) is 11.8 Å². The van der Waals surface area contributed by atoms with Crippen LogP contribution in [0.3, 0.4) is 0 Å². The molecule has 0 spiro atoms. The van der Waals surface area contributed by atoms with Crippen molar-refractivity contribution in [2.24, 2.45) is 0 Å². The third kappa shape index (κ3) is 4.66. The highest BCUT2D eigenvalue weighted by Gasteiger charge is 2.20. The van der Waals surface area contributed by atoms with E-state index >= 15 is 0 Å². The van der Waals surface area contributed by atoms with Gasteiger partial charge in [0.15, 0.2) is 5.89 Å². The topological polar surface area (TPSA) is 38.5 Å². The minimum atomic E-state index is 0.324. The van der Waals surface area contributed by atoms with Gasteiger partial charge in [-0.05, 0) is 18.4 Å². The minimum Gasteiger partial charge on any atom is -0.448 e. The first-order valence-corrected chi connectivity index (χ1v) is 8.53. The van der Waals surface area contributed by atoms with E-state index in [0.717, 1.165) is 44.2 Å². The number of nitrogens with zero attached hydrogens (tertiary/aromatic N) is 2. The number of ether oxygens (including phenoxy) is 1. The van der Waals surface area contributed by atoms with Gasteiger partial charge < -0.3 is 9.15 Å². The SMILES string of the molecule is CC(C)c1nc(CN(Cc2ccccc2)C[C@H]2CCCO2)co1. The molecule has 0 unspecified atom stereocenters. The van der Waals surface area contributed by atoms with Crippen molar-refractivity contribution in [3.05, 3.63) is 53.7 Å². The minimum absolute atomic E-state index is 0.324. The maximum atomic E-state index is 5.82. The predicted octanol–water partition coefficient (Wildman–Crippen LogP) is 3.98. The zero-order valence-corrected chi connectivity index (χ0v) is 14.1. The van der Waals surface area contributed by atoms with Crippen LogP contribution in [-0.4, -0.2) is 29.1 Å². The van der Waals surface area contributed by atoms with Gasteiger partial charge in [-0.25, -0.2) is 4.98 Å². The molecule has 1 aromatic carbocycles. The normalized spacial score (nSPS) is 18.2. The molecule has 23 heavy (non-hydrogen) atoms. The molecule has 1 saturated heterocycles. The number of benzene rings is 1. The van der Waals surface area contributed by atoms with Gasteiger partial charge in [0, 0.05) is 32.2 Å². The lowest BCUT2D eigenvalue weighted by Gasteiger charge is -2.24. The van der Waals surface area contributed by atoms with Crippen molar-refractivity contribution < 1.29 is 9.15 Å². The number of rotatable bonds is 7. The van der Waals surface area contributed by atoms with Crippen LogP contribution in [0.1, 0.15) is 49.8 Å². The van der Waals surface area contributed by atoms with Crippen LogP contribution in [0.4, 0.5) is 0 Å². The molecule has 1 aromatic heterocycles. The van der Waals surface area contributed by atoms with Crippen LogP contribution in [0.2, 0.25) is 0 Å². The molecule has 2 aromatic rings. The monoisotopic (exact) mass is 314 g/mol. The van der Waals surface area contributed by atoms with E-state index in [-0.39, 0.29) is 0 Å². The fourth-order valence-electron chi connectivity index (χ4n) is 2.99. The smallest absolute Gasteiger partial charge is 0.196 e. The molecular formula is C19H26N2O2. The Morgan fingerprint density at radius 3 is 2.70 bits per heavy atom. The number of oxazole rings is 1. The third-order valence-corrected chi connectivity index (χ3v) is 4.18. The van der Waals surface area contributed by atoms with Crippen LogP contribution in [0.15, 0.2) is 41.0 Å². The second kappa shape index (κ2) is 7.75. The average Bonchev–Trinajstić information content (AvgIpc) is 3.20. The first-order chi connectivity index (χ1) is 11.2. The maximum Gasteiger partial charge on any atom is 0.196 e. The molecule has 0 bridgehead atoms. The number of hydrogen-bond acceptors (Lipinski definition) is 4. The van der Waals surface area contributed by atoms with Gasteiger partial charge in [0.25, 0.3) is 0 Å². The van der Waals surface area contributed by atoms with E-state index in [0.29, 0.717) is 12.0 Å². The summed E-state index contributed by atoms with van der Waals surface area (Å²) in [6, 6.07) is 10.6. The summed E-state index contributed by atoms with van der Waals surface area (Å²) in [5.41, 5.74) is 2.32. The summed E-state index contributed by atoms with van der Waals surface area (Å²) in [5, 5.41) is 0. The summed E-state index contributed by atoms with van der Waals surface area (Å²) < 4.78 is 11.4. The average molecular weight is 314 g/mol. The Labute approximate surface area is 138 Å². The molecule has 1 atom stereocenters. The summed E-state index contributed by atoms with van der Waals surface area (Å²) in [4.78, 5) is 7.03. The Bertz CT molecular complexity index is 588. The molecule has 3 rings (SSSR count). The molecule has 0 radical (unpaired) electrons. The van der Waals surface area contributed by atoms with Crippen LogP contribution in [-0.2, 0) is 17.8 Å². The van der Waals surface area contributed by atoms with E-state index in [9.17, 15) is 0 Å². The lowest BCUT2D eigenvalue weighted by Crippen LogP contribution is -2.31. The summed E-state index contributed by atoms with van der Waals surface area (Å²) in [6.07, 6.45) is 4.46. The van der Waals surface area contributed by atoms with E-state index in [4.69, 9.17) is 9.15 Å². The second-order valence-electron chi connectivity index (χ2n) is 6.62. The van der Waals surface area contributed by atoms with Crippen LogP contribution in [0.25, 0.3) is 0 Å². The van der Waals surface area contributed by atoms with E-state index in [1.54, 1.807) is 6.26 Å². The van der Waals surface area contributed by atoms with Crippen molar-refractivity contribution in [3.8, 4) is 0 Å². The van der Waals surface area contributed by atoms with Crippen molar-refractivity contribution in [2.75, 3.05) is 13.2 Å². The van der Waals surface area contributed by atoms with Crippen molar-refractivity contribution in [1.82, 2.24) is 9.88 Å². The number of aromatic nitrogens is 1. The molecule has 0 amide bonds. The Kier molecular flexibility index (Phi) is 5.47. The standard InChI is InChI=1S/C19H26N2O2/c1-15(2)19-20-17(14-23-19)12-21(13-18-9-6-10-22-18)11-16-7-4-3-5-8-16/h3-5,7-8,14-15,18H,6,9-13H2,1-2H3/t18-/m1/s1. The van der Waals surface area contributed by atoms with Crippen molar-refractivity contribution in [1.29, 1.82) is 0 Å². The Balaban J connectivity index is 1.68. The molecule has 0 saturated carbocycles. The second-order valence-corrected chi connectivity index (χ2v) is 6.62. The van der Waals surface area contributed by atoms with Gasteiger partial charge in [-0.3, -0.25) is 4.90 Å². The molecule has 0 N–H and O–H groups in total. The Morgan fingerprint density at radius 2 is 2.04 bits per heavy atom. The first-order valence-electron chi connectivity index (χ1n) is 8.53. The lowest BCUT2D eigenvalue weighted by molar-refractivity contribution is 0.0674. The van der Waals surface area contributed by atoms with Gasteiger partial charge in [0.2, 0.25) is 0 Å². The molecule has 1 aliphatic rings. The highest BCUT2D eigenvalue weighted by Crippen LogP contribution is 2.19. The van der Waals surface area contributed by atoms with Gasteiger partial charge in [-0.15, -0.1) is 0 Å². The highest BCUT2D eigenvalue weighted by atomic mass is 16.5. The van der Waals surface area contributed by atoms with Crippen LogP contribution >= 0.6 is 0 Å². The maximum absolute atomic E-state index is 5.82. The molecule has 0 aliphatic carbocycles.